The summed E-state index contributed by atoms with van der Waals surface area (Å²) in [6, 6.07) is 2.15. The topological polar surface area (TPSA) is 83.8 Å². The molecule has 12 heteroatoms. The van der Waals surface area contributed by atoms with Crippen molar-refractivity contribution in [2.75, 3.05) is 18.9 Å². The summed E-state index contributed by atoms with van der Waals surface area (Å²) >= 11 is 0. The van der Waals surface area contributed by atoms with Crippen LogP contribution in [0.1, 0.15) is 12.6 Å². The molecule has 0 fully saturated rings. The van der Waals surface area contributed by atoms with E-state index < -0.39 is 33.6 Å². The molecule has 1 atom stereocenters. The Balaban J connectivity index is 2.29. The molecule has 2 rings (SSSR count). The Morgan fingerprint density at radius 2 is 1.93 bits per heavy atom. The van der Waals surface area contributed by atoms with Gasteiger partial charge in [-0.25, -0.2) is 13.4 Å². The first-order valence-corrected chi connectivity index (χ1v) is 9.25. The number of pyridine rings is 1. The number of alkyl halides is 5. The van der Waals surface area contributed by atoms with Gasteiger partial charge in [0, 0.05) is 0 Å². The second-order valence-corrected chi connectivity index (χ2v) is 7.79. The standard InChI is InChI=1S/C15H15F5N2O4S/c1-2-27(24,25)12-4-3-7-22(23)13(12)11-6-5-10(8-21-11)26-9-14(16,17)15(18,19)20/h3-6,8,22H,2,7,9H2,1H3. The van der Waals surface area contributed by atoms with E-state index in [1.54, 1.807) is 0 Å². The van der Waals surface area contributed by atoms with Crippen molar-refractivity contribution in [2.45, 2.75) is 19.0 Å². The Bertz CT molecular complexity index is 848. The summed E-state index contributed by atoms with van der Waals surface area (Å²) in [4.78, 5) is 3.57. The molecule has 1 aromatic heterocycles. The van der Waals surface area contributed by atoms with E-state index in [4.69, 9.17) is 0 Å². The predicted molar refractivity (Wildman–Crippen MR) is 85.5 cm³/mol. The van der Waals surface area contributed by atoms with Crippen molar-refractivity contribution in [3.05, 3.63) is 46.3 Å². The van der Waals surface area contributed by atoms with Crippen molar-refractivity contribution in [1.29, 1.82) is 0 Å². The van der Waals surface area contributed by atoms with Gasteiger partial charge in [0.2, 0.25) is 0 Å². The zero-order chi connectivity index (χ0) is 20.5. The number of rotatable bonds is 6. The lowest BCUT2D eigenvalue weighted by atomic mass is 10.2. The molecule has 1 N–H and O–H groups in total. The molecule has 1 aromatic rings. The second-order valence-electron chi connectivity index (χ2n) is 5.54. The van der Waals surface area contributed by atoms with Gasteiger partial charge in [0.1, 0.15) is 22.9 Å². The summed E-state index contributed by atoms with van der Waals surface area (Å²) < 4.78 is 90.8. The zero-order valence-electron chi connectivity index (χ0n) is 13.9. The minimum Gasteiger partial charge on any atom is -0.629 e. The molecule has 150 valence electrons. The van der Waals surface area contributed by atoms with Gasteiger partial charge in [-0.05, 0) is 24.3 Å². The number of sulfone groups is 1. The molecule has 0 saturated heterocycles. The van der Waals surface area contributed by atoms with Crippen molar-refractivity contribution in [1.82, 2.24) is 4.98 Å². The quantitative estimate of drug-likeness (QED) is 0.566. The molecule has 2 heterocycles. The van der Waals surface area contributed by atoms with Crippen LogP contribution in [0.4, 0.5) is 22.0 Å². The summed E-state index contributed by atoms with van der Waals surface area (Å²) in [7, 11) is -3.73. The van der Waals surface area contributed by atoms with Gasteiger partial charge in [0.15, 0.2) is 22.1 Å². The number of allylic oxidation sites excluding steroid dienone is 1. The molecule has 0 aliphatic carbocycles. The van der Waals surface area contributed by atoms with Crippen LogP contribution in [0.25, 0.3) is 5.70 Å². The lowest BCUT2D eigenvalue weighted by Crippen LogP contribution is -3.04. The molecule has 27 heavy (non-hydrogen) atoms. The predicted octanol–water partition coefficient (Wildman–Crippen LogP) is 1.71. The number of quaternary nitrogens is 1. The van der Waals surface area contributed by atoms with Crippen LogP contribution in [0.15, 0.2) is 35.4 Å². The van der Waals surface area contributed by atoms with E-state index in [0.29, 0.717) is 0 Å². The Labute approximate surface area is 151 Å². The fraction of sp³-hybridized carbons (Fsp3) is 0.400. The van der Waals surface area contributed by atoms with Gasteiger partial charge < -0.3 is 15.0 Å². The number of ether oxygens (including phenoxy) is 1. The Hall–Kier alpha value is -2.05. The third-order valence-corrected chi connectivity index (χ3v) is 5.41. The Morgan fingerprint density at radius 3 is 2.44 bits per heavy atom. The number of halogens is 5. The van der Waals surface area contributed by atoms with E-state index in [9.17, 15) is 35.6 Å². The summed E-state index contributed by atoms with van der Waals surface area (Å²) in [5.41, 5.74) is -0.210. The van der Waals surface area contributed by atoms with Crippen LogP contribution >= 0.6 is 0 Å². The highest BCUT2D eigenvalue weighted by Gasteiger charge is 2.58. The van der Waals surface area contributed by atoms with Crippen LogP contribution in [0.5, 0.6) is 5.75 Å². The monoisotopic (exact) mass is 414 g/mol. The third kappa shape index (κ3) is 4.62. The van der Waals surface area contributed by atoms with Gasteiger partial charge >= 0.3 is 12.1 Å². The minimum absolute atomic E-state index is 0.0458. The lowest BCUT2D eigenvalue weighted by molar-refractivity contribution is -0.762. The van der Waals surface area contributed by atoms with Gasteiger partial charge in [-0.2, -0.15) is 22.0 Å². The van der Waals surface area contributed by atoms with Gasteiger partial charge in [0.25, 0.3) is 0 Å². The number of nitrogens with one attached hydrogen (secondary N) is 1. The molecular formula is C15H15F5N2O4S. The van der Waals surface area contributed by atoms with Crippen molar-refractivity contribution >= 4 is 15.5 Å². The average molecular weight is 414 g/mol. The van der Waals surface area contributed by atoms with Gasteiger partial charge in [-0.3, -0.25) is 0 Å². The largest absolute Gasteiger partial charge is 0.629 e. The molecule has 0 amide bonds. The second kappa shape index (κ2) is 7.52. The molecule has 0 saturated carbocycles. The highest BCUT2D eigenvalue weighted by molar-refractivity contribution is 7.95. The summed E-state index contributed by atoms with van der Waals surface area (Å²) in [5, 5.41) is 11.6. The normalized spacial score (nSPS) is 18.7. The number of aromatic nitrogens is 1. The first-order valence-electron chi connectivity index (χ1n) is 7.59. The fourth-order valence-corrected chi connectivity index (χ4v) is 3.29. The minimum atomic E-state index is -5.75. The van der Waals surface area contributed by atoms with Crippen molar-refractivity contribution in [3.8, 4) is 5.75 Å². The summed E-state index contributed by atoms with van der Waals surface area (Å²) in [6.45, 7) is -0.578. The van der Waals surface area contributed by atoms with Crippen LogP contribution in [0, 0.1) is 5.21 Å². The molecule has 6 nitrogen and oxygen atoms in total. The fourth-order valence-electron chi connectivity index (χ4n) is 2.15. The molecule has 0 spiro atoms. The maximum absolute atomic E-state index is 12.9. The molecule has 1 aliphatic rings. The smallest absolute Gasteiger partial charge is 0.456 e. The summed E-state index contributed by atoms with van der Waals surface area (Å²) in [5.74, 6) is -5.68. The molecule has 1 unspecified atom stereocenters. The first kappa shape index (κ1) is 21.3. The van der Waals surface area contributed by atoms with Crippen LogP contribution < -0.4 is 9.80 Å². The van der Waals surface area contributed by atoms with E-state index >= 15 is 0 Å². The molecule has 0 aromatic carbocycles. The Kier molecular flexibility index (Phi) is 5.92. The van der Waals surface area contributed by atoms with Crippen molar-refractivity contribution in [2.24, 2.45) is 0 Å². The van der Waals surface area contributed by atoms with Crippen LogP contribution in [0.2, 0.25) is 0 Å². The van der Waals surface area contributed by atoms with Gasteiger partial charge in [-0.1, -0.05) is 6.92 Å². The van der Waals surface area contributed by atoms with E-state index in [-0.39, 0.29) is 34.3 Å². The maximum atomic E-state index is 12.9. The average Bonchev–Trinajstić information content (AvgIpc) is 2.59. The molecule has 1 aliphatic heterocycles. The lowest BCUT2D eigenvalue weighted by Gasteiger charge is -2.27. The maximum Gasteiger partial charge on any atom is 0.456 e. The number of nitrogens with zero attached hydrogens (tertiary/aromatic N) is 1. The molecular weight excluding hydrogens is 399 g/mol. The summed E-state index contributed by atoms with van der Waals surface area (Å²) in [6.07, 6.45) is -2.23. The van der Waals surface area contributed by atoms with Crippen molar-refractivity contribution in [3.63, 3.8) is 0 Å². The number of hydrogen-bond donors (Lipinski definition) is 1. The Morgan fingerprint density at radius 1 is 1.26 bits per heavy atom. The molecule has 0 radical (unpaired) electrons. The van der Waals surface area contributed by atoms with E-state index in [0.717, 1.165) is 18.3 Å². The molecule has 0 bridgehead atoms. The highest BCUT2D eigenvalue weighted by Crippen LogP contribution is 2.35. The van der Waals surface area contributed by atoms with Crippen LogP contribution in [-0.4, -0.2) is 44.4 Å². The first-order chi connectivity index (χ1) is 12.4. The zero-order valence-corrected chi connectivity index (χ0v) is 14.7. The third-order valence-electron chi connectivity index (χ3n) is 3.64. The van der Waals surface area contributed by atoms with Gasteiger partial charge in [0.05, 0.1) is 11.9 Å². The SMILES string of the molecule is CCS(=O)(=O)C1=C(c2ccc(OCC(F)(F)C(F)(F)F)cn2)[NH+]([O-])CC=C1. The van der Waals surface area contributed by atoms with Crippen LogP contribution in [0.3, 0.4) is 0 Å². The van der Waals surface area contributed by atoms with Crippen LogP contribution in [-0.2, 0) is 9.84 Å². The highest BCUT2D eigenvalue weighted by atomic mass is 32.2. The van der Waals surface area contributed by atoms with E-state index in [1.807, 2.05) is 0 Å². The van der Waals surface area contributed by atoms with E-state index in [1.165, 1.54) is 19.1 Å². The number of hydroxylamine groups is 2. The number of hydrogen-bond acceptors (Lipinski definition) is 5. The van der Waals surface area contributed by atoms with Gasteiger partial charge in [-0.15, -0.1) is 0 Å². The van der Waals surface area contributed by atoms with E-state index in [2.05, 4.69) is 9.72 Å². The van der Waals surface area contributed by atoms with Crippen molar-refractivity contribution < 1.29 is 40.2 Å².